The van der Waals surface area contributed by atoms with Crippen LogP contribution in [0.2, 0.25) is 0 Å². The summed E-state index contributed by atoms with van der Waals surface area (Å²) in [4.78, 5) is 12.1. The predicted octanol–water partition coefficient (Wildman–Crippen LogP) is 5.02. The van der Waals surface area contributed by atoms with Crippen molar-refractivity contribution in [2.45, 2.75) is 47.0 Å². The van der Waals surface area contributed by atoms with E-state index in [1.54, 1.807) is 0 Å². The Hall–Kier alpha value is -1.92. The van der Waals surface area contributed by atoms with Crippen LogP contribution in [0.25, 0.3) is 16.7 Å². The molecule has 3 aromatic rings. The van der Waals surface area contributed by atoms with Gasteiger partial charge in [0, 0.05) is 30.4 Å². The van der Waals surface area contributed by atoms with Gasteiger partial charge < -0.3 is 14.6 Å². The molecule has 1 saturated heterocycles. The number of nitrogens with zero attached hydrogens (tertiary/aromatic N) is 4. The molecule has 1 aliphatic heterocycles. The molecule has 1 aliphatic rings. The number of aromatic nitrogens is 3. The van der Waals surface area contributed by atoms with E-state index >= 15 is 0 Å². The third kappa shape index (κ3) is 3.80. The second-order valence-electron chi connectivity index (χ2n) is 8.33. The molecule has 0 amide bonds. The van der Waals surface area contributed by atoms with E-state index in [1.165, 1.54) is 28.8 Å². The zero-order valence-corrected chi connectivity index (χ0v) is 19.3. The first-order valence-electron chi connectivity index (χ1n) is 10.4. The smallest absolute Gasteiger partial charge is 0.150 e. The van der Waals surface area contributed by atoms with E-state index in [2.05, 4.69) is 64.5 Å². The normalized spacial score (nSPS) is 17.3. The highest BCUT2D eigenvalue weighted by Gasteiger charge is 2.25. The maximum absolute atomic E-state index is 9.39. The van der Waals surface area contributed by atoms with Crippen LogP contribution < -0.4 is 4.90 Å². The van der Waals surface area contributed by atoms with Crippen LogP contribution in [0.1, 0.15) is 41.8 Å². The quantitative estimate of drug-likeness (QED) is 0.598. The van der Waals surface area contributed by atoms with E-state index in [4.69, 9.17) is 9.97 Å². The summed E-state index contributed by atoms with van der Waals surface area (Å²) in [5.74, 6) is 2.36. The van der Waals surface area contributed by atoms with Gasteiger partial charge in [-0.25, -0.2) is 9.97 Å². The summed E-state index contributed by atoms with van der Waals surface area (Å²) in [7, 11) is 0. The summed E-state index contributed by atoms with van der Waals surface area (Å²) >= 11 is 3.61. The molecule has 1 N–H and O–H groups in total. The monoisotopic (exact) mass is 456 g/mol. The van der Waals surface area contributed by atoms with Gasteiger partial charge in [-0.3, -0.25) is 0 Å². The first kappa shape index (κ1) is 20.4. The number of anilines is 1. The van der Waals surface area contributed by atoms with Crippen molar-refractivity contribution in [3.05, 3.63) is 45.3 Å². The van der Waals surface area contributed by atoms with Crippen molar-refractivity contribution in [2.24, 2.45) is 5.92 Å². The minimum absolute atomic E-state index is 0.258. The fourth-order valence-corrected chi connectivity index (χ4v) is 5.43. The lowest BCUT2D eigenvalue weighted by atomic mass is 9.95. The van der Waals surface area contributed by atoms with E-state index in [9.17, 15) is 5.11 Å². The summed E-state index contributed by atoms with van der Waals surface area (Å²) in [6, 6.07) is 4.31. The third-order valence-electron chi connectivity index (χ3n) is 5.98. The molecule has 1 unspecified atom stereocenters. The number of fused-ring (bicyclic) bond motifs is 1. The van der Waals surface area contributed by atoms with Crippen LogP contribution >= 0.6 is 15.9 Å². The molecule has 29 heavy (non-hydrogen) atoms. The molecule has 0 spiro atoms. The van der Waals surface area contributed by atoms with E-state index in [1.807, 2.05) is 6.92 Å². The highest BCUT2D eigenvalue weighted by molar-refractivity contribution is 9.10. The highest BCUT2D eigenvalue weighted by atomic mass is 79.9. The molecule has 154 valence electrons. The van der Waals surface area contributed by atoms with Gasteiger partial charge in [0.25, 0.3) is 0 Å². The zero-order chi connectivity index (χ0) is 20.7. The van der Waals surface area contributed by atoms with Crippen LogP contribution in [-0.4, -0.2) is 39.3 Å². The minimum atomic E-state index is 0.258. The molecule has 1 atom stereocenters. The summed E-state index contributed by atoms with van der Waals surface area (Å²) in [5.41, 5.74) is 5.79. The fraction of sp³-hybridized carbons (Fsp3) is 0.478. The second kappa shape index (κ2) is 8.07. The van der Waals surface area contributed by atoms with Crippen molar-refractivity contribution in [1.29, 1.82) is 0 Å². The van der Waals surface area contributed by atoms with Crippen molar-refractivity contribution < 1.29 is 5.11 Å². The van der Waals surface area contributed by atoms with Crippen LogP contribution in [0, 0.1) is 33.6 Å². The summed E-state index contributed by atoms with van der Waals surface area (Å²) < 4.78 is 3.33. The highest BCUT2D eigenvalue weighted by Crippen LogP contribution is 2.35. The first-order valence-corrected chi connectivity index (χ1v) is 11.2. The Morgan fingerprint density at radius 2 is 1.83 bits per heavy atom. The molecule has 0 bridgehead atoms. The van der Waals surface area contributed by atoms with Crippen molar-refractivity contribution in [3.63, 3.8) is 0 Å². The molecule has 2 aromatic heterocycles. The van der Waals surface area contributed by atoms with Crippen molar-refractivity contribution in [2.75, 3.05) is 24.6 Å². The van der Waals surface area contributed by atoms with Crippen molar-refractivity contribution in [3.8, 4) is 5.69 Å². The Labute approximate surface area is 180 Å². The third-order valence-corrected chi connectivity index (χ3v) is 6.44. The Bertz CT molecular complexity index is 1030. The molecular formula is C23H29BrN4O. The van der Waals surface area contributed by atoms with Gasteiger partial charge in [0.05, 0.1) is 11.1 Å². The van der Waals surface area contributed by atoms with Crippen LogP contribution in [0.5, 0.6) is 0 Å². The molecular weight excluding hydrogens is 428 g/mol. The molecule has 1 fully saturated rings. The summed E-state index contributed by atoms with van der Waals surface area (Å²) in [6.45, 7) is 10.6. The van der Waals surface area contributed by atoms with Crippen LogP contribution in [0.15, 0.2) is 22.8 Å². The van der Waals surface area contributed by atoms with Crippen LogP contribution in [-0.2, 0) is 0 Å². The second-order valence-corrected chi connectivity index (χ2v) is 9.25. The van der Waals surface area contributed by atoms with Crippen molar-refractivity contribution in [1.82, 2.24) is 14.5 Å². The zero-order valence-electron chi connectivity index (χ0n) is 17.7. The Morgan fingerprint density at radius 1 is 1.10 bits per heavy atom. The molecule has 6 heteroatoms. The van der Waals surface area contributed by atoms with Gasteiger partial charge >= 0.3 is 0 Å². The predicted molar refractivity (Wildman–Crippen MR) is 122 cm³/mol. The largest absolute Gasteiger partial charge is 0.396 e. The van der Waals surface area contributed by atoms with E-state index in [0.29, 0.717) is 5.92 Å². The average Bonchev–Trinajstić information content (AvgIpc) is 2.97. The summed E-state index contributed by atoms with van der Waals surface area (Å²) in [6.07, 6.45) is 5.38. The van der Waals surface area contributed by atoms with E-state index in [-0.39, 0.29) is 6.61 Å². The standard InChI is InChI=1S/C23H29BrN4O/c1-14-10-19(24)11-15(2)21(14)28-12-16(3)20-22(25-17(4)26-23(20)28)27-8-5-6-18(13-27)7-9-29/h10-12,18,29H,5-9,13H2,1-4H3. The summed E-state index contributed by atoms with van der Waals surface area (Å²) in [5, 5.41) is 10.5. The number of aryl methyl sites for hydroxylation is 4. The van der Waals surface area contributed by atoms with E-state index in [0.717, 1.165) is 53.1 Å². The Balaban J connectivity index is 1.88. The SMILES string of the molecule is Cc1nc(N2CCCC(CCO)C2)c2c(C)cn(-c3c(C)cc(Br)cc3C)c2n1. The van der Waals surface area contributed by atoms with Gasteiger partial charge in [-0.15, -0.1) is 0 Å². The molecule has 0 radical (unpaired) electrons. The lowest BCUT2D eigenvalue weighted by Crippen LogP contribution is -2.36. The molecule has 5 nitrogen and oxygen atoms in total. The minimum Gasteiger partial charge on any atom is -0.396 e. The van der Waals surface area contributed by atoms with Crippen molar-refractivity contribution >= 4 is 32.8 Å². The van der Waals surface area contributed by atoms with Gasteiger partial charge in [-0.2, -0.15) is 0 Å². The lowest BCUT2D eigenvalue weighted by Gasteiger charge is -2.34. The molecule has 1 aromatic carbocycles. The number of hydrogen-bond acceptors (Lipinski definition) is 4. The molecule has 0 aliphatic carbocycles. The number of aliphatic hydroxyl groups is 1. The topological polar surface area (TPSA) is 54.2 Å². The lowest BCUT2D eigenvalue weighted by molar-refractivity contribution is 0.244. The van der Waals surface area contributed by atoms with Gasteiger partial charge in [0.1, 0.15) is 11.6 Å². The van der Waals surface area contributed by atoms with Gasteiger partial charge in [0.2, 0.25) is 0 Å². The average molecular weight is 457 g/mol. The molecule has 0 saturated carbocycles. The van der Waals surface area contributed by atoms with Gasteiger partial charge in [-0.1, -0.05) is 15.9 Å². The molecule has 3 heterocycles. The maximum Gasteiger partial charge on any atom is 0.150 e. The number of hydrogen-bond donors (Lipinski definition) is 1. The number of benzene rings is 1. The van der Waals surface area contributed by atoms with Gasteiger partial charge in [0.15, 0.2) is 5.65 Å². The van der Waals surface area contributed by atoms with Gasteiger partial charge in [-0.05, 0) is 81.7 Å². The van der Waals surface area contributed by atoms with Crippen LogP contribution in [0.3, 0.4) is 0 Å². The number of aliphatic hydroxyl groups excluding tert-OH is 1. The maximum atomic E-state index is 9.39. The number of rotatable bonds is 4. The Morgan fingerprint density at radius 3 is 2.52 bits per heavy atom. The first-order chi connectivity index (χ1) is 13.9. The number of piperidine rings is 1. The Kier molecular flexibility index (Phi) is 5.67. The molecule has 4 rings (SSSR count). The fourth-order valence-electron chi connectivity index (χ4n) is 4.75. The van der Waals surface area contributed by atoms with E-state index < -0.39 is 0 Å². The number of halogens is 1. The van der Waals surface area contributed by atoms with Crippen LogP contribution in [0.4, 0.5) is 5.82 Å².